The van der Waals surface area contributed by atoms with Gasteiger partial charge in [-0.3, -0.25) is 9.10 Å². The topological polar surface area (TPSA) is 69.7 Å². The van der Waals surface area contributed by atoms with Crippen molar-refractivity contribution >= 4 is 33.2 Å². The lowest BCUT2D eigenvalue weighted by molar-refractivity contribution is 0.0949. The summed E-state index contributed by atoms with van der Waals surface area (Å²) in [6.07, 6.45) is 3.34. The quantitative estimate of drug-likeness (QED) is 0.700. The molecular weight excluding hydrogens is 422 g/mol. The number of rotatable bonds is 7. The Kier molecular flexibility index (Phi) is 7.39. The van der Waals surface area contributed by atoms with Crippen LogP contribution in [0.4, 0.5) is 5.69 Å². The van der Waals surface area contributed by atoms with Gasteiger partial charge in [0.15, 0.2) is 0 Å². The van der Waals surface area contributed by atoms with Gasteiger partial charge in [0.2, 0.25) is 0 Å². The van der Waals surface area contributed by atoms with Gasteiger partial charge in [-0.1, -0.05) is 11.6 Å². The van der Waals surface area contributed by atoms with E-state index in [4.69, 9.17) is 11.6 Å². The van der Waals surface area contributed by atoms with E-state index in [-0.39, 0.29) is 10.8 Å². The number of hydrogen-bond acceptors (Lipinski definition) is 4. The van der Waals surface area contributed by atoms with Crippen molar-refractivity contribution in [1.29, 1.82) is 0 Å². The Hall–Kier alpha value is -2.09. The van der Waals surface area contributed by atoms with Gasteiger partial charge in [-0.15, -0.1) is 0 Å². The van der Waals surface area contributed by atoms with Crippen LogP contribution in [0.1, 0.15) is 29.6 Å². The molecule has 1 N–H and O–H groups in total. The van der Waals surface area contributed by atoms with Gasteiger partial charge in [0.25, 0.3) is 15.9 Å². The summed E-state index contributed by atoms with van der Waals surface area (Å²) >= 11 is 5.84. The number of nitrogens with zero attached hydrogens (tertiary/aromatic N) is 2. The first-order chi connectivity index (χ1) is 14.3. The highest BCUT2D eigenvalue weighted by molar-refractivity contribution is 7.92. The Morgan fingerprint density at radius 3 is 2.30 bits per heavy atom. The normalized spacial score (nSPS) is 15.7. The van der Waals surface area contributed by atoms with Crippen molar-refractivity contribution in [2.45, 2.75) is 24.2 Å². The molecule has 1 fully saturated rings. The van der Waals surface area contributed by atoms with Crippen molar-refractivity contribution in [1.82, 2.24) is 10.2 Å². The molecule has 0 aliphatic carbocycles. The molecule has 0 unspecified atom stereocenters. The number of amides is 1. The molecule has 2 aromatic carbocycles. The lowest BCUT2D eigenvalue weighted by Crippen LogP contribution is -2.32. The molecule has 1 amide bonds. The van der Waals surface area contributed by atoms with Crippen molar-refractivity contribution < 1.29 is 13.2 Å². The highest BCUT2D eigenvalue weighted by Crippen LogP contribution is 2.24. The predicted molar refractivity (Wildman–Crippen MR) is 121 cm³/mol. The number of likely N-dealkylation sites (tertiary alicyclic amines) is 1. The molecule has 0 spiro atoms. The standard InChI is InChI=1S/C22H28ClN3O3S/c1-25-15-12-17(13-16-25)11-14-24-22(27)18-3-7-20(8-4-18)26(2)30(28,29)21-9-5-19(23)6-10-21/h3-10,17H,11-16H2,1-2H3,(H,24,27). The van der Waals surface area contributed by atoms with Crippen LogP contribution in [0, 0.1) is 5.92 Å². The molecule has 162 valence electrons. The third-order valence-corrected chi connectivity index (χ3v) is 7.69. The summed E-state index contributed by atoms with van der Waals surface area (Å²) in [5, 5.41) is 3.45. The minimum Gasteiger partial charge on any atom is -0.352 e. The van der Waals surface area contributed by atoms with Gasteiger partial charge in [0.05, 0.1) is 10.6 Å². The second-order valence-electron chi connectivity index (χ2n) is 7.76. The van der Waals surface area contributed by atoms with E-state index < -0.39 is 10.0 Å². The number of piperidine rings is 1. The van der Waals surface area contributed by atoms with Crippen molar-refractivity contribution in [3.05, 3.63) is 59.1 Å². The zero-order chi connectivity index (χ0) is 21.7. The number of nitrogens with one attached hydrogen (secondary N) is 1. The van der Waals surface area contributed by atoms with Gasteiger partial charge in [0, 0.05) is 24.2 Å². The summed E-state index contributed by atoms with van der Waals surface area (Å²) < 4.78 is 26.7. The summed E-state index contributed by atoms with van der Waals surface area (Å²) in [6.45, 7) is 2.89. The van der Waals surface area contributed by atoms with Crippen LogP contribution in [0.25, 0.3) is 0 Å². The average Bonchev–Trinajstić information content (AvgIpc) is 2.75. The number of carbonyl (C=O) groups excluding carboxylic acids is 1. The van der Waals surface area contributed by atoms with Crippen molar-refractivity contribution in [2.75, 3.05) is 38.0 Å². The third-order valence-electron chi connectivity index (χ3n) is 5.64. The molecule has 30 heavy (non-hydrogen) atoms. The Bertz CT molecular complexity index is 954. The van der Waals surface area contributed by atoms with Crippen LogP contribution < -0.4 is 9.62 Å². The first-order valence-electron chi connectivity index (χ1n) is 10.1. The number of sulfonamides is 1. The first kappa shape index (κ1) is 22.6. The first-order valence-corrected chi connectivity index (χ1v) is 11.9. The van der Waals surface area contributed by atoms with Gasteiger partial charge < -0.3 is 10.2 Å². The highest BCUT2D eigenvalue weighted by Gasteiger charge is 2.21. The maximum atomic E-state index is 12.8. The molecule has 0 saturated carbocycles. The number of benzene rings is 2. The number of carbonyl (C=O) groups is 1. The summed E-state index contributed by atoms with van der Waals surface area (Å²) in [7, 11) is -0.0764. The monoisotopic (exact) mass is 449 g/mol. The van der Waals surface area contributed by atoms with E-state index in [1.165, 1.54) is 36.3 Å². The second kappa shape index (κ2) is 9.81. The molecule has 0 radical (unpaired) electrons. The number of hydrogen-bond donors (Lipinski definition) is 1. The number of anilines is 1. The van der Waals surface area contributed by atoms with E-state index in [0.29, 0.717) is 28.7 Å². The zero-order valence-electron chi connectivity index (χ0n) is 17.3. The fraction of sp³-hybridized carbons (Fsp3) is 0.409. The van der Waals surface area contributed by atoms with Crippen LogP contribution in [0.3, 0.4) is 0 Å². The van der Waals surface area contributed by atoms with E-state index in [1.807, 2.05) is 0 Å². The Morgan fingerprint density at radius 1 is 1.10 bits per heavy atom. The molecule has 1 heterocycles. The predicted octanol–water partition coefficient (Wildman–Crippen LogP) is 3.63. The second-order valence-corrected chi connectivity index (χ2v) is 10.2. The van der Waals surface area contributed by atoms with Crippen LogP contribution >= 0.6 is 11.6 Å². The van der Waals surface area contributed by atoms with Gasteiger partial charge in [-0.05, 0) is 93.8 Å². The molecule has 2 aromatic rings. The summed E-state index contributed by atoms with van der Waals surface area (Å²) in [4.78, 5) is 14.9. The van der Waals surface area contributed by atoms with E-state index >= 15 is 0 Å². The Labute approximate surface area is 183 Å². The van der Waals surface area contributed by atoms with Crippen LogP contribution in [0.2, 0.25) is 5.02 Å². The van der Waals surface area contributed by atoms with Crippen molar-refractivity contribution in [3.63, 3.8) is 0 Å². The Balaban J connectivity index is 1.57. The minimum atomic E-state index is -3.70. The van der Waals surface area contributed by atoms with Crippen LogP contribution in [-0.4, -0.2) is 53.0 Å². The fourth-order valence-corrected chi connectivity index (χ4v) is 4.89. The van der Waals surface area contributed by atoms with E-state index in [9.17, 15) is 13.2 Å². The van der Waals surface area contributed by atoms with Crippen LogP contribution in [0.5, 0.6) is 0 Å². The Morgan fingerprint density at radius 2 is 1.70 bits per heavy atom. The largest absolute Gasteiger partial charge is 0.352 e. The summed E-state index contributed by atoms with van der Waals surface area (Å²) in [5.74, 6) is 0.522. The smallest absolute Gasteiger partial charge is 0.264 e. The van der Waals surface area contributed by atoms with Gasteiger partial charge in [0.1, 0.15) is 0 Å². The molecule has 0 bridgehead atoms. The minimum absolute atomic E-state index is 0.141. The summed E-state index contributed by atoms with van der Waals surface area (Å²) in [5.41, 5.74) is 0.993. The molecular formula is C22H28ClN3O3S. The van der Waals surface area contributed by atoms with E-state index in [1.54, 1.807) is 36.4 Å². The summed E-state index contributed by atoms with van der Waals surface area (Å²) in [6, 6.07) is 12.6. The van der Waals surface area contributed by atoms with Gasteiger partial charge >= 0.3 is 0 Å². The van der Waals surface area contributed by atoms with E-state index in [2.05, 4.69) is 17.3 Å². The lowest BCUT2D eigenvalue weighted by atomic mass is 9.94. The van der Waals surface area contributed by atoms with E-state index in [0.717, 1.165) is 19.5 Å². The number of halogens is 1. The molecule has 1 aliphatic heterocycles. The molecule has 1 aliphatic rings. The molecule has 1 saturated heterocycles. The molecule has 3 rings (SSSR count). The zero-order valence-corrected chi connectivity index (χ0v) is 18.9. The maximum Gasteiger partial charge on any atom is 0.264 e. The third kappa shape index (κ3) is 5.53. The molecule has 0 aromatic heterocycles. The van der Waals surface area contributed by atoms with Crippen LogP contribution in [-0.2, 0) is 10.0 Å². The van der Waals surface area contributed by atoms with Crippen LogP contribution in [0.15, 0.2) is 53.4 Å². The maximum absolute atomic E-state index is 12.8. The van der Waals surface area contributed by atoms with Crippen molar-refractivity contribution in [3.8, 4) is 0 Å². The molecule has 8 heteroatoms. The fourth-order valence-electron chi connectivity index (χ4n) is 3.57. The van der Waals surface area contributed by atoms with Gasteiger partial charge in [-0.25, -0.2) is 8.42 Å². The van der Waals surface area contributed by atoms with Gasteiger partial charge in [-0.2, -0.15) is 0 Å². The SMILES string of the molecule is CN1CCC(CCNC(=O)c2ccc(N(C)S(=O)(=O)c3ccc(Cl)cc3)cc2)CC1. The van der Waals surface area contributed by atoms with Crippen molar-refractivity contribution in [2.24, 2.45) is 5.92 Å². The average molecular weight is 450 g/mol. The highest BCUT2D eigenvalue weighted by atomic mass is 35.5. The molecule has 6 nitrogen and oxygen atoms in total. The lowest BCUT2D eigenvalue weighted by Gasteiger charge is -2.28. The molecule has 0 atom stereocenters.